The Labute approximate surface area is 185 Å². The maximum atomic E-state index is 12.2. The highest BCUT2D eigenvalue weighted by Gasteiger charge is 2.15. The van der Waals surface area contributed by atoms with Gasteiger partial charge < -0.3 is 15.2 Å². The van der Waals surface area contributed by atoms with Gasteiger partial charge in [-0.15, -0.1) is 0 Å². The SMILES string of the molecule is CNC(=O)c1ccnc2c([C@H](C)CNc3cc(-c4ccn(C)c(=O)c4)ncn3)cccc12. The number of fused-ring (bicyclic) bond motifs is 1. The van der Waals surface area contributed by atoms with Crippen molar-refractivity contribution in [3.63, 3.8) is 0 Å². The molecule has 162 valence electrons. The van der Waals surface area contributed by atoms with Crippen LogP contribution in [0, 0.1) is 0 Å². The summed E-state index contributed by atoms with van der Waals surface area (Å²) in [4.78, 5) is 37.3. The molecule has 0 saturated carbocycles. The number of carbonyl (C=O) groups is 1. The number of aromatic nitrogens is 4. The molecule has 32 heavy (non-hydrogen) atoms. The normalized spacial score (nSPS) is 11.8. The highest BCUT2D eigenvalue weighted by atomic mass is 16.1. The average molecular weight is 428 g/mol. The second kappa shape index (κ2) is 8.97. The first-order chi connectivity index (χ1) is 15.5. The van der Waals surface area contributed by atoms with E-state index in [4.69, 9.17) is 0 Å². The highest BCUT2D eigenvalue weighted by Crippen LogP contribution is 2.27. The second-order valence-corrected chi connectivity index (χ2v) is 7.62. The van der Waals surface area contributed by atoms with Gasteiger partial charge in [0.05, 0.1) is 16.8 Å². The third kappa shape index (κ3) is 4.20. The maximum absolute atomic E-state index is 12.2. The average Bonchev–Trinajstić information content (AvgIpc) is 2.83. The number of rotatable bonds is 6. The molecule has 8 heteroatoms. The van der Waals surface area contributed by atoms with Gasteiger partial charge >= 0.3 is 0 Å². The molecule has 0 unspecified atom stereocenters. The monoisotopic (exact) mass is 428 g/mol. The molecule has 4 rings (SSSR count). The van der Waals surface area contributed by atoms with E-state index in [1.54, 1.807) is 38.6 Å². The summed E-state index contributed by atoms with van der Waals surface area (Å²) in [5, 5.41) is 6.86. The standard InChI is InChI=1S/C24H24N6O2/c1-15(17-5-4-6-18-19(24(32)25-2)7-9-26-23(17)18)13-27-21-12-20(28-14-29-21)16-8-10-30(3)22(31)11-16/h4-12,14-15H,13H2,1-3H3,(H,25,32)(H,27,28,29)/t15-/m1/s1. The fraction of sp³-hybridized carbons (Fsp3) is 0.208. The van der Waals surface area contributed by atoms with E-state index in [2.05, 4.69) is 32.5 Å². The van der Waals surface area contributed by atoms with E-state index in [-0.39, 0.29) is 17.4 Å². The Morgan fingerprint density at radius 2 is 1.97 bits per heavy atom. The van der Waals surface area contributed by atoms with E-state index in [1.165, 1.54) is 10.9 Å². The molecule has 1 aromatic carbocycles. The molecule has 0 aliphatic heterocycles. The topological polar surface area (TPSA) is 102 Å². The van der Waals surface area contributed by atoms with Crippen LogP contribution >= 0.6 is 0 Å². The van der Waals surface area contributed by atoms with Crippen molar-refractivity contribution in [3.8, 4) is 11.3 Å². The summed E-state index contributed by atoms with van der Waals surface area (Å²) < 4.78 is 1.51. The first-order valence-electron chi connectivity index (χ1n) is 10.3. The van der Waals surface area contributed by atoms with Crippen LogP contribution < -0.4 is 16.2 Å². The number of hydrogen-bond acceptors (Lipinski definition) is 6. The van der Waals surface area contributed by atoms with Crippen molar-refractivity contribution >= 4 is 22.6 Å². The van der Waals surface area contributed by atoms with Crippen molar-refractivity contribution in [2.75, 3.05) is 18.9 Å². The quantitative estimate of drug-likeness (QED) is 0.490. The lowest BCUT2D eigenvalue weighted by Crippen LogP contribution is -2.18. The van der Waals surface area contributed by atoms with Gasteiger partial charge in [-0.2, -0.15) is 0 Å². The van der Waals surface area contributed by atoms with Gasteiger partial charge in [0.25, 0.3) is 11.5 Å². The Kier molecular flexibility index (Phi) is 5.93. The van der Waals surface area contributed by atoms with Crippen molar-refractivity contribution in [2.24, 2.45) is 7.05 Å². The Hall–Kier alpha value is -4.07. The lowest BCUT2D eigenvalue weighted by atomic mass is 9.96. The van der Waals surface area contributed by atoms with Crippen molar-refractivity contribution in [2.45, 2.75) is 12.8 Å². The number of nitrogens with zero attached hydrogens (tertiary/aromatic N) is 4. The van der Waals surface area contributed by atoms with Gasteiger partial charge in [-0.05, 0) is 17.7 Å². The first kappa shape index (κ1) is 21.2. The molecule has 1 amide bonds. The predicted molar refractivity (Wildman–Crippen MR) is 125 cm³/mol. The van der Waals surface area contributed by atoms with Crippen molar-refractivity contribution in [1.29, 1.82) is 0 Å². The third-order valence-electron chi connectivity index (χ3n) is 5.46. The lowest BCUT2D eigenvalue weighted by molar-refractivity contribution is 0.0964. The summed E-state index contributed by atoms with van der Waals surface area (Å²) >= 11 is 0. The fourth-order valence-electron chi connectivity index (χ4n) is 3.62. The Bertz CT molecular complexity index is 1350. The fourth-order valence-corrected chi connectivity index (χ4v) is 3.62. The van der Waals surface area contributed by atoms with Crippen LogP contribution in [0.1, 0.15) is 28.8 Å². The summed E-state index contributed by atoms with van der Waals surface area (Å²) in [5.41, 5.74) is 3.78. The molecule has 1 atom stereocenters. The number of hydrogen-bond donors (Lipinski definition) is 2. The van der Waals surface area contributed by atoms with Gasteiger partial charge in [-0.1, -0.05) is 25.1 Å². The summed E-state index contributed by atoms with van der Waals surface area (Å²) in [7, 11) is 3.33. The number of aryl methyl sites for hydroxylation is 1. The van der Waals surface area contributed by atoms with E-state index >= 15 is 0 Å². The summed E-state index contributed by atoms with van der Waals surface area (Å²) in [6.45, 7) is 2.71. The lowest BCUT2D eigenvalue weighted by Gasteiger charge is -2.16. The Balaban J connectivity index is 1.56. The number of benzene rings is 1. The van der Waals surface area contributed by atoms with Crippen molar-refractivity contribution in [3.05, 3.63) is 82.7 Å². The van der Waals surface area contributed by atoms with Crippen LogP contribution in [0.4, 0.5) is 5.82 Å². The molecule has 3 heterocycles. The molecule has 0 saturated heterocycles. The van der Waals surface area contributed by atoms with Crippen LogP contribution in [-0.4, -0.2) is 39.0 Å². The number of pyridine rings is 2. The molecule has 0 aliphatic carbocycles. The van der Waals surface area contributed by atoms with Gasteiger partial charge in [0.2, 0.25) is 0 Å². The number of anilines is 1. The number of para-hydroxylation sites is 1. The van der Waals surface area contributed by atoms with Crippen LogP contribution in [0.2, 0.25) is 0 Å². The minimum atomic E-state index is -0.135. The first-order valence-corrected chi connectivity index (χ1v) is 10.3. The second-order valence-electron chi connectivity index (χ2n) is 7.62. The molecular formula is C24H24N6O2. The van der Waals surface area contributed by atoms with Crippen LogP contribution in [-0.2, 0) is 7.05 Å². The number of nitrogens with one attached hydrogen (secondary N) is 2. The van der Waals surface area contributed by atoms with E-state index in [9.17, 15) is 9.59 Å². The van der Waals surface area contributed by atoms with E-state index in [0.717, 1.165) is 22.0 Å². The molecule has 0 fully saturated rings. The minimum Gasteiger partial charge on any atom is -0.369 e. The zero-order valence-electron chi connectivity index (χ0n) is 18.2. The summed E-state index contributed by atoms with van der Waals surface area (Å²) in [6.07, 6.45) is 4.86. The highest BCUT2D eigenvalue weighted by molar-refractivity contribution is 6.06. The Morgan fingerprint density at radius 3 is 2.75 bits per heavy atom. The molecule has 3 aromatic heterocycles. The van der Waals surface area contributed by atoms with Gasteiger partial charge in [0.1, 0.15) is 12.1 Å². The Morgan fingerprint density at radius 1 is 1.12 bits per heavy atom. The van der Waals surface area contributed by atoms with Gasteiger partial charge in [-0.25, -0.2) is 9.97 Å². The van der Waals surface area contributed by atoms with Gasteiger partial charge in [-0.3, -0.25) is 14.6 Å². The van der Waals surface area contributed by atoms with E-state index in [1.807, 2.05) is 30.3 Å². The minimum absolute atomic E-state index is 0.0937. The molecule has 0 bridgehead atoms. The molecule has 0 radical (unpaired) electrons. The zero-order valence-corrected chi connectivity index (χ0v) is 18.2. The molecule has 0 aliphatic rings. The van der Waals surface area contributed by atoms with Crippen LogP contribution in [0.3, 0.4) is 0 Å². The van der Waals surface area contributed by atoms with Crippen LogP contribution in [0.15, 0.2) is 66.0 Å². The molecule has 0 spiro atoms. The smallest absolute Gasteiger partial charge is 0.251 e. The molecule has 4 aromatic rings. The zero-order chi connectivity index (χ0) is 22.7. The number of amides is 1. The van der Waals surface area contributed by atoms with Crippen molar-refractivity contribution < 1.29 is 4.79 Å². The number of carbonyl (C=O) groups excluding carboxylic acids is 1. The largest absolute Gasteiger partial charge is 0.369 e. The van der Waals surface area contributed by atoms with E-state index < -0.39 is 0 Å². The molecule has 2 N–H and O–H groups in total. The summed E-state index contributed by atoms with van der Waals surface area (Å²) in [5.74, 6) is 0.639. The van der Waals surface area contributed by atoms with Crippen molar-refractivity contribution in [1.82, 2.24) is 24.8 Å². The third-order valence-corrected chi connectivity index (χ3v) is 5.46. The van der Waals surface area contributed by atoms with Crippen LogP contribution in [0.5, 0.6) is 0 Å². The van der Waals surface area contributed by atoms with Gasteiger partial charge in [0.15, 0.2) is 0 Å². The van der Waals surface area contributed by atoms with Gasteiger partial charge in [0, 0.05) is 62.0 Å². The van der Waals surface area contributed by atoms with Crippen LogP contribution in [0.25, 0.3) is 22.2 Å². The maximum Gasteiger partial charge on any atom is 0.251 e. The summed E-state index contributed by atoms with van der Waals surface area (Å²) in [6, 6.07) is 12.8. The van der Waals surface area contributed by atoms with E-state index in [0.29, 0.717) is 23.6 Å². The molecule has 8 nitrogen and oxygen atoms in total. The predicted octanol–water partition coefficient (Wildman–Crippen LogP) is 2.97. The molecular weight excluding hydrogens is 404 g/mol.